The molecule has 0 saturated carbocycles. The van der Waals surface area contributed by atoms with Crippen molar-refractivity contribution in [2.24, 2.45) is 0 Å². The molecule has 1 nitrogen and oxygen atoms in total. The Morgan fingerprint density at radius 3 is 1.70 bits per heavy atom. The van der Waals surface area contributed by atoms with E-state index < -0.39 is 0 Å². The van der Waals surface area contributed by atoms with Crippen molar-refractivity contribution < 1.29 is 0 Å². The van der Waals surface area contributed by atoms with E-state index in [2.05, 4.69) is 217 Å². The van der Waals surface area contributed by atoms with Gasteiger partial charge in [0, 0.05) is 31.4 Å². The Morgan fingerprint density at radius 1 is 0.333 bits per heavy atom. The van der Waals surface area contributed by atoms with Gasteiger partial charge in [-0.3, -0.25) is 0 Å². The SMILES string of the molecule is c1ccc(-c2ccccc2-c2c(-c3ccccc3)cccc2N(c2cccc(-c3cccc4ccccc34)c2)c2cccc3sc4ccccc4c23)cc1. The van der Waals surface area contributed by atoms with Crippen LogP contribution in [0.25, 0.3) is 75.5 Å². The van der Waals surface area contributed by atoms with Crippen LogP contribution in [0.3, 0.4) is 0 Å². The Balaban J connectivity index is 1.31. The van der Waals surface area contributed by atoms with Crippen molar-refractivity contribution in [3.05, 3.63) is 212 Å². The molecule has 0 amide bonds. The van der Waals surface area contributed by atoms with Gasteiger partial charge in [0.2, 0.25) is 0 Å². The van der Waals surface area contributed by atoms with Gasteiger partial charge in [-0.05, 0) is 86.1 Å². The molecule has 2 heteroatoms. The molecular weight excluding hydrogens is 671 g/mol. The topological polar surface area (TPSA) is 3.24 Å². The first kappa shape index (κ1) is 32.0. The van der Waals surface area contributed by atoms with Gasteiger partial charge in [-0.25, -0.2) is 0 Å². The molecule has 10 aromatic rings. The zero-order valence-electron chi connectivity index (χ0n) is 29.6. The minimum absolute atomic E-state index is 1.10. The van der Waals surface area contributed by atoms with Crippen molar-refractivity contribution >= 4 is 59.3 Å². The summed E-state index contributed by atoms with van der Waals surface area (Å²) >= 11 is 1.86. The van der Waals surface area contributed by atoms with Gasteiger partial charge in [0.15, 0.2) is 0 Å². The van der Waals surface area contributed by atoms with Crippen molar-refractivity contribution in [2.75, 3.05) is 4.90 Å². The van der Waals surface area contributed by atoms with E-state index in [4.69, 9.17) is 0 Å². The Morgan fingerprint density at radius 2 is 0.870 bits per heavy atom. The van der Waals surface area contributed by atoms with E-state index in [0.717, 1.165) is 17.1 Å². The van der Waals surface area contributed by atoms with Crippen LogP contribution in [0.15, 0.2) is 212 Å². The van der Waals surface area contributed by atoms with Crippen LogP contribution in [0, 0.1) is 0 Å². The van der Waals surface area contributed by atoms with E-state index in [-0.39, 0.29) is 0 Å². The van der Waals surface area contributed by atoms with Crippen LogP contribution < -0.4 is 4.90 Å². The minimum atomic E-state index is 1.10. The van der Waals surface area contributed by atoms with Crippen LogP contribution >= 0.6 is 11.3 Å². The molecule has 9 aromatic carbocycles. The molecule has 0 radical (unpaired) electrons. The number of anilines is 3. The lowest BCUT2D eigenvalue weighted by Gasteiger charge is -2.31. The molecule has 0 spiro atoms. The molecule has 0 unspecified atom stereocenters. The Hall–Kier alpha value is -6.74. The highest BCUT2D eigenvalue weighted by molar-refractivity contribution is 7.26. The fraction of sp³-hybridized carbons (Fsp3) is 0. The molecule has 0 aliphatic carbocycles. The molecule has 54 heavy (non-hydrogen) atoms. The second kappa shape index (κ2) is 13.7. The third-order valence-corrected chi connectivity index (χ3v) is 11.6. The van der Waals surface area contributed by atoms with Crippen LogP contribution in [0.2, 0.25) is 0 Å². The molecule has 254 valence electrons. The summed E-state index contributed by atoms with van der Waals surface area (Å²) in [5, 5.41) is 5.02. The number of benzene rings is 9. The maximum Gasteiger partial charge on any atom is 0.0555 e. The third kappa shape index (κ3) is 5.56. The Labute approximate surface area is 319 Å². The predicted molar refractivity (Wildman–Crippen MR) is 233 cm³/mol. The highest BCUT2D eigenvalue weighted by Crippen LogP contribution is 2.51. The van der Waals surface area contributed by atoms with Crippen molar-refractivity contribution in [1.82, 2.24) is 0 Å². The van der Waals surface area contributed by atoms with E-state index in [1.165, 1.54) is 75.5 Å². The summed E-state index contributed by atoms with van der Waals surface area (Å²) in [6, 6.07) is 77.3. The van der Waals surface area contributed by atoms with Crippen LogP contribution in [0.1, 0.15) is 0 Å². The fourth-order valence-electron chi connectivity index (χ4n) is 8.08. The maximum absolute atomic E-state index is 2.51. The van der Waals surface area contributed by atoms with Crippen LogP contribution in [-0.2, 0) is 0 Å². The first-order chi connectivity index (χ1) is 26.8. The number of thiophene rings is 1. The summed E-state index contributed by atoms with van der Waals surface area (Å²) in [6.45, 7) is 0. The van der Waals surface area contributed by atoms with Crippen molar-refractivity contribution in [1.29, 1.82) is 0 Å². The minimum Gasteiger partial charge on any atom is -0.309 e. The second-order valence-corrected chi connectivity index (χ2v) is 14.7. The van der Waals surface area contributed by atoms with Gasteiger partial charge in [-0.2, -0.15) is 0 Å². The number of nitrogens with zero attached hydrogens (tertiary/aromatic N) is 1. The van der Waals surface area contributed by atoms with Crippen LogP contribution in [0.4, 0.5) is 17.1 Å². The monoisotopic (exact) mass is 705 g/mol. The van der Waals surface area contributed by atoms with E-state index >= 15 is 0 Å². The lowest BCUT2D eigenvalue weighted by Crippen LogP contribution is -2.12. The Bertz CT molecular complexity index is 2940. The molecule has 0 N–H and O–H groups in total. The predicted octanol–water partition coefficient (Wildman–Crippen LogP) is 15.3. The number of hydrogen-bond acceptors (Lipinski definition) is 2. The number of fused-ring (bicyclic) bond motifs is 4. The van der Waals surface area contributed by atoms with Crippen molar-refractivity contribution in [3.63, 3.8) is 0 Å². The second-order valence-electron chi connectivity index (χ2n) is 13.6. The molecule has 0 saturated heterocycles. The quantitative estimate of drug-likeness (QED) is 0.160. The lowest BCUT2D eigenvalue weighted by molar-refractivity contribution is 1.30. The Kier molecular flexibility index (Phi) is 8.09. The first-order valence-electron chi connectivity index (χ1n) is 18.4. The van der Waals surface area contributed by atoms with E-state index in [1.54, 1.807) is 0 Å². The van der Waals surface area contributed by atoms with E-state index in [9.17, 15) is 0 Å². The normalized spacial score (nSPS) is 11.3. The summed E-state index contributed by atoms with van der Waals surface area (Å²) in [4.78, 5) is 2.51. The summed E-state index contributed by atoms with van der Waals surface area (Å²) < 4.78 is 2.56. The molecule has 0 aliphatic rings. The van der Waals surface area contributed by atoms with Gasteiger partial charge < -0.3 is 4.90 Å². The van der Waals surface area contributed by atoms with Gasteiger partial charge in [0.1, 0.15) is 0 Å². The van der Waals surface area contributed by atoms with Gasteiger partial charge in [-0.1, -0.05) is 176 Å². The summed E-state index contributed by atoms with van der Waals surface area (Å²) in [6.07, 6.45) is 0. The average Bonchev–Trinajstić information content (AvgIpc) is 3.64. The lowest BCUT2D eigenvalue weighted by atomic mass is 9.87. The highest BCUT2D eigenvalue weighted by Gasteiger charge is 2.25. The molecule has 0 atom stereocenters. The highest BCUT2D eigenvalue weighted by atomic mass is 32.1. The van der Waals surface area contributed by atoms with Crippen molar-refractivity contribution in [2.45, 2.75) is 0 Å². The van der Waals surface area contributed by atoms with Gasteiger partial charge in [-0.15, -0.1) is 11.3 Å². The third-order valence-electron chi connectivity index (χ3n) is 10.5. The smallest absolute Gasteiger partial charge is 0.0555 e. The maximum atomic E-state index is 2.51. The van der Waals surface area contributed by atoms with Crippen LogP contribution in [0.5, 0.6) is 0 Å². The average molecular weight is 706 g/mol. The number of hydrogen-bond donors (Lipinski definition) is 0. The molecular formula is C52H35NS. The largest absolute Gasteiger partial charge is 0.309 e. The van der Waals surface area contributed by atoms with Gasteiger partial charge >= 0.3 is 0 Å². The fourth-order valence-corrected chi connectivity index (χ4v) is 9.21. The van der Waals surface area contributed by atoms with E-state index in [1.807, 2.05) is 11.3 Å². The molecule has 1 heterocycles. The van der Waals surface area contributed by atoms with Gasteiger partial charge in [0.05, 0.1) is 11.4 Å². The number of rotatable bonds is 7. The standard InChI is InChI=1S/C52H35NS/c1-3-17-36(18-4-1)42-26-9-10-27-45(42)51-44(38-19-5-2-6-20-38)30-15-31-47(51)53(48-32-16-34-50-52(48)46-28-11-12-33-49(46)54-50)40-24-13-23-39(35-40)43-29-14-22-37-21-7-8-25-41(37)43/h1-35H. The molecule has 0 bridgehead atoms. The summed E-state index contributed by atoms with van der Waals surface area (Å²) in [5.41, 5.74) is 12.9. The zero-order valence-corrected chi connectivity index (χ0v) is 30.4. The zero-order chi connectivity index (χ0) is 35.8. The molecule has 0 aliphatic heterocycles. The molecule has 1 aromatic heterocycles. The van der Waals surface area contributed by atoms with Crippen LogP contribution in [-0.4, -0.2) is 0 Å². The van der Waals surface area contributed by atoms with E-state index in [0.29, 0.717) is 0 Å². The molecule has 10 rings (SSSR count). The summed E-state index contributed by atoms with van der Waals surface area (Å²) in [7, 11) is 0. The summed E-state index contributed by atoms with van der Waals surface area (Å²) in [5.74, 6) is 0. The first-order valence-corrected chi connectivity index (χ1v) is 19.3. The van der Waals surface area contributed by atoms with Crippen molar-refractivity contribution in [3.8, 4) is 44.5 Å². The van der Waals surface area contributed by atoms with Gasteiger partial charge in [0.25, 0.3) is 0 Å². The molecule has 0 fully saturated rings.